The zero-order chi connectivity index (χ0) is 18.7. The van der Waals surface area contributed by atoms with Crippen LogP contribution in [0.3, 0.4) is 0 Å². The average molecular weight is 347 g/mol. The van der Waals surface area contributed by atoms with Crippen molar-refractivity contribution < 1.29 is 29.3 Å². The van der Waals surface area contributed by atoms with Crippen LogP contribution >= 0.6 is 0 Å². The zero-order valence-corrected chi connectivity index (χ0v) is 13.8. The molecule has 25 heavy (non-hydrogen) atoms. The molecule has 0 heterocycles. The summed E-state index contributed by atoms with van der Waals surface area (Å²) < 4.78 is 11.4. The second-order valence-corrected chi connectivity index (χ2v) is 4.86. The average Bonchev–Trinajstić information content (AvgIpc) is 2.63. The summed E-state index contributed by atoms with van der Waals surface area (Å²) in [6.45, 7) is 0.578. The van der Waals surface area contributed by atoms with E-state index in [1.54, 1.807) is 7.11 Å². The molecule has 0 saturated carbocycles. The molecule has 0 fully saturated rings. The summed E-state index contributed by atoms with van der Waals surface area (Å²) in [5, 5.41) is 14.8. The molecule has 2 aromatic carbocycles. The Hall–Kier alpha value is -3.06. The van der Waals surface area contributed by atoms with Crippen LogP contribution in [0.2, 0.25) is 0 Å². The summed E-state index contributed by atoms with van der Waals surface area (Å²) in [5.74, 6) is -2.17. The van der Waals surface area contributed by atoms with Crippen LogP contribution < -0.4 is 15.2 Å². The second-order valence-electron chi connectivity index (χ2n) is 4.86. The molecule has 1 unspecified atom stereocenters. The molecule has 0 spiro atoms. The molecule has 2 aromatic rings. The molecule has 0 bridgehead atoms. The first-order chi connectivity index (χ1) is 12.0. The molecule has 7 heteroatoms. The Bertz CT molecular complexity index is 662. The summed E-state index contributed by atoms with van der Waals surface area (Å²) in [4.78, 5) is 18.2. The number of benzene rings is 2. The van der Waals surface area contributed by atoms with Crippen LogP contribution in [-0.2, 0) is 9.59 Å². The normalized spacial score (nSPS) is 10.8. The van der Waals surface area contributed by atoms with Gasteiger partial charge in [-0.3, -0.25) is 0 Å². The van der Waals surface area contributed by atoms with Crippen molar-refractivity contribution in [1.82, 2.24) is 0 Å². The van der Waals surface area contributed by atoms with E-state index in [-0.39, 0.29) is 6.10 Å². The summed E-state index contributed by atoms with van der Waals surface area (Å²) in [6.07, 6.45) is 0.713. The number of carbonyl (C=O) groups is 2. The van der Waals surface area contributed by atoms with E-state index < -0.39 is 11.9 Å². The number of hydrogen-bond acceptors (Lipinski definition) is 5. The molecule has 0 radical (unpaired) electrons. The van der Waals surface area contributed by atoms with Gasteiger partial charge in [0, 0.05) is 6.42 Å². The first-order valence-electron chi connectivity index (χ1n) is 7.50. The number of ether oxygens (including phenoxy) is 2. The molecule has 2 rings (SSSR count). The maximum Gasteiger partial charge on any atom is 0.414 e. The van der Waals surface area contributed by atoms with E-state index in [1.807, 2.05) is 42.5 Å². The van der Waals surface area contributed by atoms with E-state index in [0.717, 1.165) is 23.5 Å². The van der Waals surface area contributed by atoms with Gasteiger partial charge in [0.25, 0.3) is 0 Å². The molecule has 0 saturated heterocycles. The number of nitrogens with two attached hydrogens (primary N) is 1. The monoisotopic (exact) mass is 347 g/mol. The van der Waals surface area contributed by atoms with E-state index in [9.17, 15) is 0 Å². The third kappa shape index (κ3) is 6.92. The van der Waals surface area contributed by atoms with E-state index in [0.29, 0.717) is 6.54 Å². The maximum atomic E-state index is 9.10. The molecule has 0 aliphatic rings. The van der Waals surface area contributed by atoms with Crippen LogP contribution in [0.25, 0.3) is 0 Å². The van der Waals surface area contributed by atoms with E-state index >= 15 is 0 Å². The van der Waals surface area contributed by atoms with Crippen molar-refractivity contribution in [3.8, 4) is 11.5 Å². The minimum Gasteiger partial charge on any atom is -0.493 e. The predicted molar refractivity (Wildman–Crippen MR) is 91.7 cm³/mol. The summed E-state index contributed by atoms with van der Waals surface area (Å²) in [7, 11) is 1.64. The Morgan fingerprint density at radius 2 is 1.48 bits per heavy atom. The molecule has 134 valence electrons. The number of rotatable bonds is 6. The van der Waals surface area contributed by atoms with Crippen LogP contribution in [0.1, 0.15) is 18.1 Å². The van der Waals surface area contributed by atoms with E-state index in [1.165, 1.54) is 0 Å². The van der Waals surface area contributed by atoms with Crippen LogP contribution in [0.5, 0.6) is 11.5 Å². The van der Waals surface area contributed by atoms with Crippen molar-refractivity contribution in [3.63, 3.8) is 0 Å². The Kier molecular flexibility index (Phi) is 8.53. The van der Waals surface area contributed by atoms with Crippen molar-refractivity contribution >= 4 is 11.9 Å². The van der Waals surface area contributed by atoms with Gasteiger partial charge in [0.15, 0.2) is 11.5 Å². The lowest BCUT2D eigenvalue weighted by molar-refractivity contribution is -0.159. The van der Waals surface area contributed by atoms with Crippen LogP contribution in [-0.4, -0.2) is 35.8 Å². The first-order valence-corrected chi connectivity index (χ1v) is 7.50. The fourth-order valence-electron chi connectivity index (χ4n) is 1.98. The van der Waals surface area contributed by atoms with Gasteiger partial charge in [-0.25, -0.2) is 9.59 Å². The van der Waals surface area contributed by atoms with Crippen molar-refractivity contribution in [2.24, 2.45) is 5.73 Å². The molecule has 0 amide bonds. The Morgan fingerprint density at radius 3 is 1.96 bits per heavy atom. The minimum atomic E-state index is -1.82. The fraction of sp³-hybridized carbons (Fsp3) is 0.222. The minimum absolute atomic E-state index is 0.0532. The topological polar surface area (TPSA) is 119 Å². The molecular formula is C18H21NO6. The van der Waals surface area contributed by atoms with Crippen molar-refractivity contribution in [2.45, 2.75) is 12.5 Å². The summed E-state index contributed by atoms with van der Waals surface area (Å²) >= 11 is 0. The van der Waals surface area contributed by atoms with Gasteiger partial charge in [-0.05, 0) is 24.2 Å². The summed E-state index contributed by atoms with van der Waals surface area (Å²) in [5.41, 5.74) is 6.80. The molecule has 4 N–H and O–H groups in total. The highest BCUT2D eigenvalue weighted by Crippen LogP contribution is 2.31. The Balaban J connectivity index is 0.000000450. The van der Waals surface area contributed by atoms with E-state index in [4.69, 9.17) is 35.0 Å². The Labute approximate surface area is 145 Å². The van der Waals surface area contributed by atoms with Crippen molar-refractivity contribution in [2.75, 3.05) is 13.7 Å². The quantitative estimate of drug-likeness (QED) is 0.686. The van der Waals surface area contributed by atoms with Crippen molar-refractivity contribution in [1.29, 1.82) is 0 Å². The number of carboxylic acids is 2. The molecular weight excluding hydrogens is 326 g/mol. The number of aliphatic carboxylic acids is 2. The lowest BCUT2D eigenvalue weighted by atomic mass is 10.1. The van der Waals surface area contributed by atoms with Gasteiger partial charge in [0.05, 0.1) is 7.11 Å². The van der Waals surface area contributed by atoms with Gasteiger partial charge in [-0.15, -0.1) is 0 Å². The molecule has 7 nitrogen and oxygen atoms in total. The molecule has 0 aromatic heterocycles. The number of para-hydroxylation sites is 2. The largest absolute Gasteiger partial charge is 0.493 e. The highest BCUT2D eigenvalue weighted by atomic mass is 16.5. The van der Waals surface area contributed by atoms with Gasteiger partial charge in [-0.2, -0.15) is 0 Å². The van der Waals surface area contributed by atoms with Crippen LogP contribution in [0, 0.1) is 0 Å². The first kappa shape index (κ1) is 20.0. The standard InChI is InChI=1S/C16H19NO2.C2H2O4/c1-18-15-9-5-6-10-16(15)19-14(11-12-17)13-7-3-2-4-8-13;3-1(4)2(5)6/h2-10,14H,11-12,17H2,1H3;(H,3,4)(H,5,6). The predicted octanol–water partition coefficient (Wildman–Crippen LogP) is 2.32. The maximum absolute atomic E-state index is 9.10. The lowest BCUT2D eigenvalue weighted by Crippen LogP contribution is -2.13. The number of carboxylic acid groups (broad SMARTS) is 2. The number of methoxy groups -OCH3 is 1. The van der Waals surface area contributed by atoms with Gasteiger partial charge < -0.3 is 25.4 Å². The van der Waals surface area contributed by atoms with Gasteiger partial charge in [0.1, 0.15) is 6.10 Å². The summed E-state index contributed by atoms with van der Waals surface area (Å²) in [6, 6.07) is 17.8. The van der Waals surface area contributed by atoms with Gasteiger partial charge in [0.2, 0.25) is 0 Å². The van der Waals surface area contributed by atoms with Crippen LogP contribution in [0.15, 0.2) is 54.6 Å². The third-order valence-electron chi connectivity index (χ3n) is 3.12. The number of hydrogen-bond donors (Lipinski definition) is 3. The molecule has 1 atom stereocenters. The molecule has 0 aliphatic heterocycles. The third-order valence-corrected chi connectivity index (χ3v) is 3.12. The van der Waals surface area contributed by atoms with Crippen molar-refractivity contribution in [3.05, 3.63) is 60.2 Å². The smallest absolute Gasteiger partial charge is 0.414 e. The van der Waals surface area contributed by atoms with E-state index in [2.05, 4.69) is 12.1 Å². The van der Waals surface area contributed by atoms with Crippen LogP contribution in [0.4, 0.5) is 0 Å². The highest BCUT2D eigenvalue weighted by Gasteiger charge is 2.14. The van der Waals surface area contributed by atoms with Gasteiger partial charge >= 0.3 is 11.9 Å². The lowest BCUT2D eigenvalue weighted by Gasteiger charge is -2.20. The zero-order valence-electron chi connectivity index (χ0n) is 13.8. The second kappa shape index (κ2) is 10.7. The highest BCUT2D eigenvalue weighted by molar-refractivity contribution is 6.27. The SMILES string of the molecule is COc1ccccc1OC(CCN)c1ccccc1.O=C(O)C(=O)O. The fourth-order valence-corrected chi connectivity index (χ4v) is 1.98. The Morgan fingerprint density at radius 1 is 0.960 bits per heavy atom. The molecule has 0 aliphatic carbocycles. The van der Waals surface area contributed by atoms with Gasteiger partial charge in [-0.1, -0.05) is 42.5 Å².